The fourth-order valence-corrected chi connectivity index (χ4v) is 8.62. The number of alkyl halides is 1. The summed E-state index contributed by atoms with van der Waals surface area (Å²) in [6, 6.07) is 11.5. The molecule has 1 aliphatic heterocycles. The van der Waals surface area contributed by atoms with Crippen molar-refractivity contribution in [2.24, 2.45) is 22.7 Å². The number of fused-ring (bicyclic) bond motifs is 2. The Kier molecular flexibility index (Phi) is 3.62. The van der Waals surface area contributed by atoms with Crippen LogP contribution in [0.4, 0.5) is 4.39 Å². The average molecular weight is 383 g/mol. The molecule has 1 amide bonds. The highest BCUT2D eigenvalue weighted by molar-refractivity contribution is 5.86. The summed E-state index contributed by atoms with van der Waals surface area (Å²) in [5.41, 5.74) is 0.941. The summed E-state index contributed by atoms with van der Waals surface area (Å²) >= 11 is 0. The van der Waals surface area contributed by atoms with Crippen LogP contribution in [0.2, 0.25) is 0 Å². The largest absolute Gasteiger partial charge is 0.351 e. The zero-order valence-corrected chi connectivity index (χ0v) is 16.6. The molecule has 28 heavy (non-hydrogen) atoms. The highest BCUT2D eigenvalue weighted by atomic mass is 19.1. The molecule has 1 heterocycles. The van der Waals surface area contributed by atoms with E-state index in [4.69, 9.17) is 0 Å². The summed E-state index contributed by atoms with van der Waals surface area (Å²) in [6.45, 7) is 0.801. The number of carbonyl (C=O) groups is 1. The molecule has 6 bridgehead atoms. The molecule has 5 unspecified atom stereocenters. The number of rotatable bonds is 5. The Labute approximate surface area is 166 Å². The average Bonchev–Trinajstić information content (AvgIpc) is 3.40. The maximum Gasteiger partial charge on any atom is 0.227 e. The second kappa shape index (κ2) is 5.81. The number of piperidine rings is 1. The molecule has 0 radical (unpaired) electrons. The van der Waals surface area contributed by atoms with Crippen LogP contribution in [-0.2, 0) is 10.2 Å². The van der Waals surface area contributed by atoms with Gasteiger partial charge in [0.2, 0.25) is 5.91 Å². The van der Waals surface area contributed by atoms with Gasteiger partial charge >= 0.3 is 0 Å². The first kappa shape index (κ1) is 17.4. The number of hydrogen-bond acceptors (Lipinski definition) is 2. The lowest BCUT2D eigenvalue weighted by Crippen LogP contribution is -2.54. The number of benzene rings is 1. The van der Waals surface area contributed by atoms with Crippen LogP contribution in [0.1, 0.15) is 56.9 Å². The van der Waals surface area contributed by atoms with E-state index in [2.05, 4.69) is 41.0 Å². The van der Waals surface area contributed by atoms with Gasteiger partial charge in [-0.2, -0.15) is 0 Å². The van der Waals surface area contributed by atoms with E-state index in [0.29, 0.717) is 18.4 Å². The molecule has 1 aromatic rings. The van der Waals surface area contributed by atoms with E-state index in [1.165, 1.54) is 18.4 Å². The van der Waals surface area contributed by atoms with Gasteiger partial charge in [-0.15, -0.1) is 0 Å². The molecule has 0 spiro atoms. The van der Waals surface area contributed by atoms with E-state index in [0.717, 1.165) is 44.6 Å². The Bertz CT molecular complexity index is 799. The summed E-state index contributed by atoms with van der Waals surface area (Å²) < 4.78 is 13.8. The van der Waals surface area contributed by atoms with E-state index >= 15 is 0 Å². The maximum atomic E-state index is 13.8. The molecule has 150 valence electrons. The van der Waals surface area contributed by atoms with E-state index in [1.807, 2.05) is 0 Å². The number of carbonyl (C=O) groups excluding carboxylic acids is 1. The molecular formula is C24H31FN2O. The van der Waals surface area contributed by atoms with Crippen molar-refractivity contribution < 1.29 is 9.18 Å². The lowest BCUT2D eigenvalue weighted by molar-refractivity contribution is -0.137. The van der Waals surface area contributed by atoms with Gasteiger partial charge in [0.25, 0.3) is 0 Å². The van der Waals surface area contributed by atoms with Crippen LogP contribution in [0.3, 0.4) is 0 Å². The highest BCUT2D eigenvalue weighted by Crippen LogP contribution is 2.77. The minimum atomic E-state index is -0.361. The fraction of sp³-hybridized carbons (Fsp3) is 0.708. The molecule has 1 saturated heterocycles. The third-order valence-electron chi connectivity index (χ3n) is 9.37. The Balaban J connectivity index is 1.35. The second-order valence-corrected chi connectivity index (χ2v) is 10.7. The van der Waals surface area contributed by atoms with Crippen LogP contribution in [-0.4, -0.2) is 31.2 Å². The van der Waals surface area contributed by atoms with Crippen LogP contribution < -0.4 is 10.6 Å². The molecule has 6 aliphatic rings. The Morgan fingerprint density at radius 3 is 2.68 bits per heavy atom. The third kappa shape index (κ3) is 2.16. The van der Waals surface area contributed by atoms with Crippen molar-refractivity contribution >= 4 is 5.91 Å². The van der Waals surface area contributed by atoms with Gasteiger partial charge in [-0.25, -0.2) is 0 Å². The van der Waals surface area contributed by atoms with Gasteiger partial charge in [0.05, 0.1) is 12.1 Å². The SMILES string of the molecule is O=C(NC1CC2CNC1C2)C12CC3C[C@](c4ccccc4)(C1)C[C@@]2(CCF)C3. The van der Waals surface area contributed by atoms with Crippen molar-refractivity contribution in [2.45, 2.75) is 68.9 Å². The zero-order chi connectivity index (χ0) is 19.0. The van der Waals surface area contributed by atoms with Gasteiger partial charge in [-0.05, 0) is 86.1 Å². The van der Waals surface area contributed by atoms with Crippen LogP contribution in [0.25, 0.3) is 0 Å². The van der Waals surface area contributed by atoms with Gasteiger partial charge < -0.3 is 10.6 Å². The molecule has 5 aliphatic carbocycles. The van der Waals surface area contributed by atoms with Gasteiger partial charge in [0, 0.05) is 12.1 Å². The Morgan fingerprint density at radius 1 is 1.11 bits per heavy atom. The lowest BCUT2D eigenvalue weighted by atomic mass is 9.63. The summed E-state index contributed by atoms with van der Waals surface area (Å²) in [4.78, 5) is 13.8. The standard InChI is InChI=1S/C24H31FN2O/c25-7-6-23-11-17-10-22(14-23,18-4-2-1-3-5-18)15-24(23,12-17)21(28)27-20-9-16-8-19(20)26-13-16/h1-5,16-17,19-20,26H,6-15H2,(H,27,28)/t16?,17?,19?,20?,22-,23-,24?/m1/s1. The summed E-state index contributed by atoms with van der Waals surface area (Å²) in [7, 11) is 0. The molecule has 7 atom stereocenters. The molecule has 2 N–H and O–H groups in total. The van der Waals surface area contributed by atoms with Gasteiger partial charge in [-0.1, -0.05) is 30.3 Å². The number of halogens is 1. The first-order chi connectivity index (χ1) is 13.6. The fourth-order valence-electron chi connectivity index (χ4n) is 8.62. The van der Waals surface area contributed by atoms with E-state index < -0.39 is 0 Å². The monoisotopic (exact) mass is 382 g/mol. The van der Waals surface area contributed by atoms with Crippen LogP contribution >= 0.6 is 0 Å². The molecule has 6 fully saturated rings. The van der Waals surface area contributed by atoms with Crippen molar-refractivity contribution in [1.29, 1.82) is 0 Å². The first-order valence-electron chi connectivity index (χ1n) is 11.2. The molecule has 1 aromatic carbocycles. The minimum absolute atomic E-state index is 0.0713. The molecule has 5 saturated carbocycles. The molecule has 3 nitrogen and oxygen atoms in total. The van der Waals surface area contributed by atoms with Gasteiger partial charge in [-0.3, -0.25) is 9.18 Å². The van der Waals surface area contributed by atoms with Crippen molar-refractivity contribution in [2.75, 3.05) is 13.2 Å². The van der Waals surface area contributed by atoms with Crippen molar-refractivity contribution in [3.63, 3.8) is 0 Å². The van der Waals surface area contributed by atoms with E-state index in [-0.39, 0.29) is 34.9 Å². The Hall–Kier alpha value is -1.42. The van der Waals surface area contributed by atoms with Crippen LogP contribution in [0.15, 0.2) is 30.3 Å². The normalized spacial score (nSPS) is 47.8. The third-order valence-corrected chi connectivity index (χ3v) is 9.37. The minimum Gasteiger partial charge on any atom is -0.351 e. The number of nitrogens with one attached hydrogen (secondary N) is 2. The van der Waals surface area contributed by atoms with E-state index in [1.54, 1.807) is 0 Å². The summed E-state index contributed by atoms with van der Waals surface area (Å²) in [5, 5.41) is 7.05. The predicted molar refractivity (Wildman–Crippen MR) is 107 cm³/mol. The molecule has 4 heteroatoms. The van der Waals surface area contributed by atoms with Gasteiger partial charge in [0.15, 0.2) is 0 Å². The van der Waals surface area contributed by atoms with Crippen molar-refractivity contribution in [3.05, 3.63) is 35.9 Å². The molecule has 7 rings (SSSR count). The maximum absolute atomic E-state index is 13.8. The topological polar surface area (TPSA) is 41.1 Å². The zero-order valence-electron chi connectivity index (χ0n) is 16.6. The van der Waals surface area contributed by atoms with Crippen molar-refractivity contribution in [3.8, 4) is 0 Å². The van der Waals surface area contributed by atoms with Crippen LogP contribution in [0.5, 0.6) is 0 Å². The Morgan fingerprint density at radius 2 is 1.96 bits per heavy atom. The van der Waals surface area contributed by atoms with Crippen molar-refractivity contribution in [1.82, 2.24) is 10.6 Å². The summed E-state index contributed by atoms with van der Waals surface area (Å²) in [6.07, 6.45) is 7.98. The molecule has 0 aromatic heterocycles. The van der Waals surface area contributed by atoms with E-state index in [9.17, 15) is 9.18 Å². The smallest absolute Gasteiger partial charge is 0.227 e. The van der Waals surface area contributed by atoms with Gasteiger partial charge in [0.1, 0.15) is 0 Å². The number of hydrogen-bond donors (Lipinski definition) is 2. The predicted octanol–water partition coefficient (Wildman–Crippen LogP) is 3.73. The highest BCUT2D eigenvalue weighted by Gasteiger charge is 2.74. The quantitative estimate of drug-likeness (QED) is 0.815. The molecular weight excluding hydrogens is 351 g/mol. The summed E-state index contributed by atoms with van der Waals surface area (Å²) in [5.74, 6) is 1.54. The second-order valence-electron chi connectivity index (χ2n) is 10.7. The van der Waals surface area contributed by atoms with Crippen LogP contribution in [0, 0.1) is 22.7 Å². The first-order valence-corrected chi connectivity index (χ1v) is 11.2. The lowest BCUT2D eigenvalue weighted by Gasteiger charge is -2.41. The number of amides is 1.